The maximum Gasteiger partial charge on any atom is 0.176 e. The highest BCUT2D eigenvalue weighted by atomic mass is 16.5. The van der Waals surface area contributed by atoms with E-state index in [9.17, 15) is 4.79 Å². The SMILES string of the molecule is CCCOc1ccc(C(=O)CN2CCN(CC)CC2)cc1CC. The Bertz CT molecular complexity index is 508. The highest BCUT2D eigenvalue weighted by molar-refractivity contribution is 5.98. The molecule has 0 radical (unpaired) electrons. The molecule has 2 rings (SSSR count). The number of ketones is 1. The summed E-state index contributed by atoms with van der Waals surface area (Å²) in [6.45, 7) is 12.8. The standard InChI is InChI=1S/C19H30N2O2/c1-4-13-23-19-8-7-17(14-16(19)5-2)18(22)15-21-11-9-20(6-3)10-12-21/h7-8,14H,4-6,9-13,15H2,1-3H3. The molecule has 1 aliphatic rings. The summed E-state index contributed by atoms with van der Waals surface area (Å²) >= 11 is 0. The van der Waals surface area contributed by atoms with Crippen molar-refractivity contribution in [3.05, 3.63) is 29.3 Å². The van der Waals surface area contributed by atoms with Crippen LogP contribution < -0.4 is 4.74 Å². The van der Waals surface area contributed by atoms with Crippen molar-refractivity contribution in [2.24, 2.45) is 0 Å². The summed E-state index contributed by atoms with van der Waals surface area (Å²) in [7, 11) is 0. The third-order valence-electron chi connectivity index (χ3n) is 4.50. The number of ether oxygens (including phenoxy) is 1. The second-order valence-electron chi connectivity index (χ2n) is 6.16. The van der Waals surface area contributed by atoms with Crippen LogP contribution in [0.2, 0.25) is 0 Å². The van der Waals surface area contributed by atoms with E-state index >= 15 is 0 Å². The quantitative estimate of drug-likeness (QED) is 0.690. The maximum absolute atomic E-state index is 12.6. The first kappa shape index (κ1) is 18.0. The Morgan fingerprint density at radius 1 is 1.09 bits per heavy atom. The molecule has 1 aliphatic heterocycles. The molecule has 1 aromatic carbocycles. The molecular formula is C19H30N2O2. The van der Waals surface area contributed by atoms with Gasteiger partial charge in [-0.3, -0.25) is 9.69 Å². The van der Waals surface area contributed by atoms with Crippen molar-refractivity contribution in [1.82, 2.24) is 9.80 Å². The molecule has 1 aromatic rings. The fourth-order valence-electron chi connectivity index (χ4n) is 2.94. The van der Waals surface area contributed by atoms with Crippen LogP contribution in [0.1, 0.15) is 43.1 Å². The van der Waals surface area contributed by atoms with E-state index in [1.54, 1.807) is 0 Å². The number of nitrogens with zero attached hydrogens (tertiary/aromatic N) is 2. The van der Waals surface area contributed by atoms with E-state index in [1.807, 2.05) is 18.2 Å². The van der Waals surface area contributed by atoms with Crippen molar-refractivity contribution in [2.75, 3.05) is 45.9 Å². The van der Waals surface area contributed by atoms with Crippen molar-refractivity contribution < 1.29 is 9.53 Å². The first-order valence-corrected chi connectivity index (χ1v) is 8.91. The molecule has 1 fully saturated rings. The summed E-state index contributed by atoms with van der Waals surface area (Å²) in [4.78, 5) is 17.3. The number of Topliss-reactive ketones (excluding diaryl/α,β-unsaturated/α-hetero) is 1. The summed E-state index contributed by atoms with van der Waals surface area (Å²) < 4.78 is 5.76. The van der Waals surface area contributed by atoms with Gasteiger partial charge in [-0.15, -0.1) is 0 Å². The van der Waals surface area contributed by atoms with Crippen LogP contribution in [0.4, 0.5) is 0 Å². The highest BCUT2D eigenvalue weighted by Gasteiger charge is 2.19. The fraction of sp³-hybridized carbons (Fsp3) is 0.632. The van der Waals surface area contributed by atoms with Crippen LogP contribution in [0, 0.1) is 0 Å². The Morgan fingerprint density at radius 3 is 2.39 bits per heavy atom. The molecule has 0 unspecified atom stereocenters. The first-order valence-electron chi connectivity index (χ1n) is 8.91. The monoisotopic (exact) mass is 318 g/mol. The van der Waals surface area contributed by atoms with E-state index in [0.29, 0.717) is 6.54 Å². The Morgan fingerprint density at radius 2 is 1.78 bits per heavy atom. The molecule has 23 heavy (non-hydrogen) atoms. The zero-order chi connectivity index (χ0) is 16.7. The minimum Gasteiger partial charge on any atom is -0.493 e. The summed E-state index contributed by atoms with van der Waals surface area (Å²) in [5, 5.41) is 0. The van der Waals surface area contributed by atoms with Gasteiger partial charge in [0.25, 0.3) is 0 Å². The second-order valence-corrected chi connectivity index (χ2v) is 6.16. The van der Waals surface area contributed by atoms with Crippen LogP contribution in [-0.4, -0.2) is 61.5 Å². The zero-order valence-electron chi connectivity index (χ0n) is 14.8. The lowest BCUT2D eigenvalue weighted by atomic mass is 10.0. The van der Waals surface area contributed by atoms with Gasteiger partial charge < -0.3 is 9.64 Å². The molecule has 0 bridgehead atoms. The van der Waals surface area contributed by atoms with Crippen molar-refractivity contribution in [2.45, 2.75) is 33.6 Å². The molecule has 0 N–H and O–H groups in total. The molecule has 0 aromatic heterocycles. The molecule has 4 heteroatoms. The van der Waals surface area contributed by atoms with Gasteiger partial charge in [0, 0.05) is 31.7 Å². The molecule has 0 spiro atoms. The molecule has 128 valence electrons. The third-order valence-corrected chi connectivity index (χ3v) is 4.50. The summed E-state index contributed by atoms with van der Waals surface area (Å²) in [5.41, 5.74) is 1.93. The van der Waals surface area contributed by atoms with Gasteiger partial charge in [-0.05, 0) is 43.1 Å². The van der Waals surface area contributed by atoms with E-state index in [2.05, 4.69) is 30.6 Å². The van der Waals surface area contributed by atoms with E-state index in [4.69, 9.17) is 4.74 Å². The normalized spacial score (nSPS) is 16.5. The van der Waals surface area contributed by atoms with E-state index in [-0.39, 0.29) is 5.78 Å². The molecule has 0 saturated carbocycles. The van der Waals surface area contributed by atoms with Crippen LogP contribution in [0.3, 0.4) is 0 Å². The van der Waals surface area contributed by atoms with E-state index in [0.717, 1.165) is 69.0 Å². The van der Waals surface area contributed by atoms with Gasteiger partial charge in [0.2, 0.25) is 0 Å². The lowest BCUT2D eigenvalue weighted by Gasteiger charge is -2.33. The summed E-state index contributed by atoms with van der Waals surface area (Å²) in [6.07, 6.45) is 1.88. The predicted octanol–water partition coefficient (Wildman–Crippen LogP) is 2.86. The number of aryl methyl sites for hydroxylation is 1. The minimum atomic E-state index is 0.215. The van der Waals surface area contributed by atoms with Gasteiger partial charge in [0.15, 0.2) is 5.78 Å². The smallest absolute Gasteiger partial charge is 0.176 e. The Balaban J connectivity index is 1.96. The zero-order valence-corrected chi connectivity index (χ0v) is 14.8. The molecular weight excluding hydrogens is 288 g/mol. The largest absolute Gasteiger partial charge is 0.493 e. The summed E-state index contributed by atoms with van der Waals surface area (Å²) in [5.74, 6) is 1.13. The van der Waals surface area contributed by atoms with Gasteiger partial charge >= 0.3 is 0 Å². The molecule has 0 aliphatic carbocycles. The number of carbonyl (C=O) groups excluding carboxylic acids is 1. The van der Waals surface area contributed by atoms with Crippen molar-refractivity contribution in [3.63, 3.8) is 0 Å². The number of likely N-dealkylation sites (N-methyl/N-ethyl adjacent to an activating group) is 1. The van der Waals surface area contributed by atoms with Gasteiger partial charge in [-0.2, -0.15) is 0 Å². The number of hydrogen-bond donors (Lipinski definition) is 0. The van der Waals surface area contributed by atoms with Gasteiger partial charge in [0.05, 0.1) is 13.2 Å². The minimum absolute atomic E-state index is 0.215. The Kier molecular flexibility index (Phi) is 7.06. The molecule has 0 atom stereocenters. The number of rotatable bonds is 8. The third kappa shape index (κ3) is 5.05. The topological polar surface area (TPSA) is 32.8 Å². The predicted molar refractivity (Wildman–Crippen MR) is 94.5 cm³/mol. The van der Waals surface area contributed by atoms with Crippen molar-refractivity contribution in [3.8, 4) is 5.75 Å². The van der Waals surface area contributed by atoms with E-state index in [1.165, 1.54) is 0 Å². The maximum atomic E-state index is 12.6. The van der Waals surface area contributed by atoms with E-state index < -0.39 is 0 Å². The fourth-order valence-corrected chi connectivity index (χ4v) is 2.94. The van der Waals surface area contributed by atoms with Crippen molar-refractivity contribution in [1.29, 1.82) is 0 Å². The molecule has 4 nitrogen and oxygen atoms in total. The lowest BCUT2D eigenvalue weighted by molar-refractivity contribution is 0.0859. The molecule has 0 amide bonds. The molecule has 1 saturated heterocycles. The highest BCUT2D eigenvalue weighted by Crippen LogP contribution is 2.21. The van der Waals surface area contributed by atoms with Crippen LogP contribution in [0.5, 0.6) is 5.75 Å². The van der Waals surface area contributed by atoms with Gasteiger partial charge in [0.1, 0.15) is 5.75 Å². The second kappa shape index (κ2) is 9.04. The average Bonchev–Trinajstić information content (AvgIpc) is 2.60. The van der Waals surface area contributed by atoms with Crippen molar-refractivity contribution >= 4 is 5.78 Å². The number of piperazine rings is 1. The summed E-state index contributed by atoms with van der Waals surface area (Å²) in [6, 6.07) is 5.88. The lowest BCUT2D eigenvalue weighted by Crippen LogP contribution is -2.47. The number of benzene rings is 1. The molecule has 1 heterocycles. The Hall–Kier alpha value is -1.39. The van der Waals surface area contributed by atoms with Crippen LogP contribution in [0.15, 0.2) is 18.2 Å². The number of carbonyl (C=O) groups is 1. The van der Waals surface area contributed by atoms with Crippen LogP contribution in [0.25, 0.3) is 0 Å². The first-order chi connectivity index (χ1) is 11.2. The van der Waals surface area contributed by atoms with Gasteiger partial charge in [-0.1, -0.05) is 20.8 Å². The Labute approximate surface area is 140 Å². The van der Waals surface area contributed by atoms with Crippen LogP contribution >= 0.6 is 0 Å². The average molecular weight is 318 g/mol. The van der Waals surface area contributed by atoms with Gasteiger partial charge in [-0.25, -0.2) is 0 Å². The van der Waals surface area contributed by atoms with Crippen LogP contribution in [-0.2, 0) is 6.42 Å². The number of hydrogen-bond acceptors (Lipinski definition) is 4.